The maximum absolute atomic E-state index is 9.91. The standard InChI is InChI=1S/C17H32O5/c1-5-6-7-8-15(16-9-14(18)12(2)21-16)19-10-13-11-20-17(3,4)22-13/h12-16,18H,5-11H2,1-4H3/t12?,13-,14?,15?,16?/m0/s1. The van der Waals surface area contributed by atoms with Gasteiger partial charge < -0.3 is 24.1 Å². The van der Waals surface area contributed by atoms with E-state index in [0.717, 1.165) is 12.8 Å². The van der Waals surface area contributed by atoms with Crippen LogP contribution in [0.3, 0.4) is 0 Å². The highest BCUT2D eigenvalue weighted by molar-refractivity contribution is 4.85. The fraction of sp³-hybridized carbons (Fsp3) is 1.00. The van der Waals surface area contributed by atoms with Gasteiger partial charge in [0.2, 0.25) is 0 Å². The second kappa shape index (κ2) is 8.06. The minimum Gasteiger partial charge on any atom is -0.390 e. The van der Waals surface area contributed by atoms with Crippen LogP contribution in [0.15, 0.2) is 0 Å². The smallest absolute Gasteiger partial charge is 0.163 e. The lowest BCUT2D eigenvalue weighted by Gasteiger charge is -2.25. The number of ether oxygens (including phenoxy) is 4. The molecule has 1 N–H and O–H groups in total. The summed E-state index contributed by atoms with van der Waals surface area (Å²) in [6.07, 6.45) is 4.63. The molecule has 2 aliphatic rings. The molecule has 0 aromatic carbocycles. The van der Waals surface area contributed by atoms with Gasteiger partial charge in [-0.2, -0.15) is 0 Å². The summed E-state index contributed by atoms with van der Waals surface area (Å²) < 4.78 is 23.3. The third kappa shape index (κ3) is 5.17. The van der Waals surface area contributed by atoms with E-state index >= 15 is 0 Å². The molecule has 4 unspecified atom stereocenters. The molecule has 5 nitrogen and oxygen atoms in total. The molecule has 0 radical (unpaired) electrons. The quantitative estimate of drug-likeness (QED) is 0.698. The average molecular weight is 316 g/mol. The summed E-state index contributed by atoms with van der Waals surface area (Å²) in [5.41, 5.74) is 0. The minimum atomic E-state index is -0.514. The Bertz CT molecular complexity index is 323. The fourth-order valence-corrected chi connectivity index (χ4v) is 3.14. The van der Waals surface area contributed by atoms with E-state index in [-0.39, 0.29) is 30.5 Å². The topological polar surface area (TPSA) is 57.2 Å². The Morgan fingerprint density at radius 2 is 2.09 bits per heavy atom. The van der Waals surface area contributed by atoms with Gasteiger partial charge in [-0.05, 0) is 27.2 Å². The van der Waals surface area contributed by atoms with Crippen LogP contribution in [0.4, 0.5) is 0 Å². The maximum atomic E-state index is 9.91. The van der Waals surface area contributed by atoms with E-state index in [1.54, 1.807) is 0 Å². The average Bonchev–Trinajstić information content (AvgIpc) is 2.97. The largest absolute Gasteiger partial charge is 0.390 e. The van der Waals surface area contributed by atoms with Gasteiger partial charge in [-0.25, -0.2) is 0 Å². The van der Waals surface area contributed by atoms with Crippen molar-refractivity contribution in [3.63, 3.8) is 0 Å². The maximum Gasteiger partial charge on any atom is 0.163 e. The van der Waals surface area contributed by atoms with Crippen molar-refractivity contribution in [2.75, 3.05) is 13.2 Å². The molecule has 5 heteroatoms. The van der Waals surface area contributed by atoms with Gasteiger partial charge in [-0.15, -0.1) is 0 Å². The van der Waals surface area contributed by atoms with Crippen LogP contribution >= 0.6 is 0 Å². The van der Waals surface area contributed by atoms with Crippen molar-refractivity contribution >= 4 is 0 Å². The predicted octanol–water partition coefficient (Wildman–Crippen LogP) is 2.64. The lowest BCUT2D eigenvalue weighted by molar-refractivity contribution is -0.153. The first-order valence-electron chi connectivity index (χ1n) is 8.68. The van der Waals surface area contributed by atoms with Crippen LogP contribution in [0.5, 0.6) is 0 Å². The molecule has 0 spiro atoms. The molecular formula is C17H32O5. The molecule has 22 heavy (non-hydrogen) atoms. The molecule has 0 aliphatic carbocycles. The van der Waals surface area contributed by atoms with E-state index in [4.69, 9.17) is 18.9 Å². The van der Waals surface area contributed by atoms with E-state index in [1.807, 2.05) is 20.8 Å². The summed E-state index contributed by atoms with van der Waals surface area (Å²) >= 11 is 0. The normalized spacial score (nSPS) is 35.9. The van der Waals surface area contributed by atoms with Crippen molar-refractivity contribution in [2.45, 2.75) is 96.1 Å². The highest BCUT2D eigenvalue weighted by Gasteiger charge is 2.38. The van der Waals surface area contributed by atoms with Gasteiger partial charge in [0, 0.05) is 6.42 Å². The first-order chi connectivity index (χ1) is 10.4. The molecule has 0 saturated carbocycles. The predicted molar refractivity (Wildman–Crippen MR) is 83.7 cm³/mol. The van der Waals surface area contributed by atoms with Crippen LogP contribution in [-0.4, -0.2) is 54.6 Å². The molecule has 2 rings (SSSR count). The van der Waals surface area contributed by atoms with Crippen molar-refractivity contribution in [2.24, 2.45) is 0 Å². The molecule has 2 aliphatic heterocycles. The Labute approximate surface area is 134 Å². The van der Waals surface area contributed by atoms with Gasteiger partial charge in [-0.3, -0.25) is 0 Å². The second-order valence-corrected chi connectivity index (χ2v) is 7.00. The van der Waals surface area contributed by atoms with Crippen molar-refractivity contribution in [3.8, 4) is 0 Å². The molecule has 0 bridgehead atoms. The number of hydrogen-bond acceptors (Lipinski definition) is 5. The molecule has 130 valence electrons. The van der Waals surface area contributed by atoms with Gasteiger partial charge in [0.1, 0.15) is 6.10 Å². The van der Waals surface area contributed by atoms with E-state index in [2.05, 4.69) is 6.92 Å². The van der Waals surface area contributed by atoms with Crippen molar-refractivity contribution in [3.05, 3.63) is 0 Å². The zero-order chi connectivity index (χ0) is 16.2. The monoisotopic (exact) mass is 316 g/mol. The van der Waals surface area contributed by atoms with E-state index < -0.39 is 5.79 Å². The fourth-order valence-electron chi connectivity index (χ4n) is 3.14. The lowest BCUT2D eigenvalue weighted by Crippen LogP contribution is -2.33. The van der Waals surface area contributed by atoms with Crippen LogP contribution in [0.2, 0.25) is 0 Å². The van der Waals surface area contributed by atoms with Gasteiger partial charge in [-0.1, -0.05) is 26.2 Å². The van der Waals surface area contributed by atoms with Gasteiger partial charge in [0.25, 0.3) is 0 Å². The molecule has 0 aromatic heterocycles. The Kier molecular flexibility index (Phi) is 6.65. The molecule has 2 fully saturated rings. The van der Waals surface area contributed by atoms with Crippen molar-refractivity contribution in [1.29, 1.82) is 0 Å². The van der Waals surface area contributed by atoms with Crippen molar-refractivity contribution in [1.82, 2.24) is 0 Å². The van der Waals surface area contributed by atoms with Crippen molar-refractivity contribution < 1.29 is 24.1 Å². The van der Waals surface area contributed by atoms with Gasteiger partial charge in [0.15, 0.2) is 5.79 Å². The number of aliphatic hydroxyl groups excluding tert-OH is 1. The molecule has 2 saturated heterocycles. The van der Waals surface area contributed by atoms with Crippen LogP contribution < -0.4 is 0 Å². The third-order valence-electron chi connectivity index (χ3n) is 4.48. The molecule has 2 heterocycles. The van der Waals surface area contributed by atoms with Crippen LogP contribution in [0.1, 0.15) is 59.8 Å². The highest BCUT2D eigenvalue weighted by atomic mass is 16.7. The van der Waals surface area contributed by atoms with E-state index in [0.29, 0.717) is 19.6 Å². The summed E-state index contributed by atoms with van der Waals surface area (Å²) in [6, 6.07) is 0. The first-order valence-corrected chi connectivity index (χ1v) is 8.68. The second-order valence-electron chi connectivity index (χ2n) is 7.00. The summed E-state index contributed by atoms with van der Waals surface area (Å²) in [6.45, 7) is 9.04. The van der Waals surface area contributed by atoms with Gasteiger partial charge in [0.05, 0.1) is 37.6 Å². The first kappa shape index (κ1) is 18.1. The summed E-state index contributed by atoms with van der Waals surface area (Å²) in [7, 11) is 0. The Morgan fingerprint density at radius 3 is 2.64 bits per heavy atom. The molecule has 5 atom stereocenters. The SMILES string of the molecule is CCCCCC(OC[C@H]1COC(C)(C)O1)C1CC(O)C(C)O1. The number of hydrogen-bond donors (Lipinski definition) is 1. The van der Waals surface area contributed by atoms with Gasteiger partial charge >= 0.3 is 0 Å². The Hall–Kier alpha value is -0.200. The Morgan fingerprint density at radius 1 is 1.32 bits per heavy atom. The minimum absolute atomic E-state index is 0.0165. The number of unbranched alkanes of at least 4 members (excludes halogenated alkanes) is 2. The van der Waals surface area contributed by atoms with E-state index in [9.17, 15) is 5.11 Å². The van der Waals surface area contributed by atoms with Crippen LogP contribution in [0, 0.1) is 0 Å². The third-order valence-corrected chi connectivity index (χ3v) is 4.48. The summed E-state index contributed by atoms with van der Waals surface area (Å²) in [4.78, 5) is 0. The zero-order valence-corrected chi connectivity index (χ0v) is 14.4. The summed E-state index contributed by atoms with van der Waals surface area (Å²) in [5, 5.41) is 9.91. The highest BCUT2D eigenvalue weighted by Crippen LogP contribution is 2.28. The summed E-state index contributed by atoms with van der Waals surface area (Å²) in [5.74, 6) is -0.514. The number of rotatable bonds is 8. The lowest BCUT2D eigenvalue weighted by atomic mass is 10.0. The molecular weight excluding hydrogens is 284 g/mol. The number of aliphatic hydroxyl groups is 1. The molecule has 0 aromatic rings. The van der Waals surface area contributed by atoms with Crippen LogP contribution in [-0.2, 0) is 18.9 Å². The van der Waals surface area contributed by atoms with Crippen LogP contribution in [0.25, 0.3) is 0 Å². The Balaban J connectivity index is 1.82. The zero-order valence-electron chi connectivity index (χ0n) is 14.4. The van der Waals surface area contributed by atoms with E-state index in [1.165, 1.54) is 12.8 Å². The molecule has 0 amide bonds.